The van der Waals surface area contributed by atoms with Crippen LogP contribution in [-0.4, -0.2) is 61.0 Å². The molecule has 0 saturated heterocycles. The van der Waals surface area contributed by atoms with Crippen LogP contribution < -0.4 is 0 Å². The zero-order valence-electron chi connectivity index (χ0n) is 24.0. The van der Waals surface area contributed by atoms with Gasteiger partial charge in [0.2, 0.25) is 0 Å². The highest BCUT2D eigenvalue weighted by molar-refractivity contribution is 9.10. The summed E-state index contributed by atoms with van der Waals surface area (Å²) in [5.74, 6) is -0.302. The van der Waals surface area contributed by atoms with E-state index in [0.29, 0.717) is 37.8 Å². The third-order valence-corrected chi connectivity index (χ3v) is 7.78. The van der Waals surface area contributed by atoms with Crippen LogP contribution in [0.4, 0.5) is 9.59 Å². The van der Waals surface area contributed by atoms with Crippen LogP contribution >= 0.6 is 15.9 Å². The van der Waals surface area contributed by atoms with Crippen LogP contribution in [0.2, 0.25) is 0 Å². The number of hydrogen-bond donors (Lipinski definition) is 1. The Morgan fingerprint density at radius 1 is 0.878 bits per heavy atom. The molecule has 1 aliphatic rings. The number of carbonyl (C=O) groups excluding carboxylic acids is 3. The van der Waals surface area contributed by atoms with Gasteiger partial charge in [0.1, 0.15) is 11.2 Å². The number of carbonyl (C=O) groups is 3. The Labute approximate surface area is 246 Å². The van der Waals surface area contributed by atoms with Crippen LogP contribution in [0, 0.1) is 0 Å². The number of halogens is 1. The molecule has 9 nitrogen and oxygen atoms in total. The molecule has 2 aromatic heterocycles. The smallest absolute Gasteiger partial charge is 0.419 e. The lowest BCUT2D eigenvalue weighted by Gasteiger charge is -2.34. The molecular formula is C31H34BrN3O6. The van der Waals surface area contributed by atoms with Gasteiger partial charge in [0.05, 0.1) is 40.6 Å². The number of Topliss-reactive ketones (excluding diaryl/α,β-unsaturated/α-hetero) is 1. The minimum absolute atomic E-state index is 0.112. The average molecular weight is 625 g/mol. The van der Waals surface area contributed by atoms with Crippen molar-refractivity contribution in [1.29, 1.82) is 0 Å². The number of aliphatic hydroxyl groups excluding tert-OH is 1. The summed E-state index contributed by atoms with van der Waals surface area (Å²) in [7, 11) is 0. The van der Waals surface area contributed by atoms with E-state index in [4.69, 9.17) is 9.47 Å². The molecule has 10 heteroatoms. The van der Waals surface area contributed by atoms with Crippen LogP contribution in [0.25, 0.3) is 21.8 Å². The summed E-state index contributed by atoms with van der Waals surface area (Å²) < 4.78 is 15.1. The van der Waals surface area contributed by atoms with E-state index < -0.39 is 36.0 Å². The first-order chi connectivity index (χ1) is 19.2. The molecule has 0 saturated carbocycles. The van der Waals surface area contributed by atoms with Crippen molar-refractivity contribution >= 4 is 55.7 Å². The van der Waals surface area contributed by atoms with Gasteiger partial charge in [-0.1, -0.05) is 36.4 Å². The molecule has 1 N–H and O–H groups in total. The highest BCUT2D eigenvalue weighted by atomic mass is 79.9. The van der Waals surface area contributed by atoms with Gasteiger partial charge in [-0.15, -0.1) is 0 Å². The molecule has 0 aliphatic carbocycles. The van der Waals surface area contributed by atoms with Crippen molar-refractivity contribution in [2.24, 2.45) is 0 Å². The molecule has 1 aliphatic heterocycles. The Balaban J connectivity index is 1.65. The van der Waals surface area contributed by atoms with Crippen molar-refractivity contribution in [3.8, 4) is 0 Å². The number of ketones is 1. The molecule has 2 aromatic carbocycles. The molecule has 0 amide bonds. The van der Waals surface area contributed by atoms with E-state index in [2.05, 4.69) is 15.9 Å². The van der Waals surface area contributed by atoms with Crippen molar-refractivity contribution in [2.45, 2.75) is 71.9 Å². The molecule has 41 heavy (non-hydrogen) atoms. The lowest BCUT2D eigenvalue weighted by Crippen LogP contribution is -2.48. The standard InChI is InChI=1S/C31H34BrN3O6/c1-30(2,3)40-28(38)34-20-13-9-7-11-18(20)25-22(34)15-33(24(17-36)27(25)37)16-23-26(32)19-12-8-10-14-21(19)35(23)29(39)41-31(4,5)6/h7-14,24,36H,15-17H2,1-6H3/t24-/m0/s1. The highest BCUT2D eigenvalue weighted by Crippen LogP contribution is 2.37. The van der Waals surface area contributed by atoms with Crippen LogP contribution in [0.5, 0.6) is 0 Å². The largest absolute Gasteiger partial charge is 0.443 e. The molecule has 0 radical (unpaired) electrons. The van der Waals surface area contributed by atoms with E-state index >= 15 is 0 Å². The zero-order chi connectivity index (χ0) is 29.9. The Morgan fingerprint density at radius 2 is 1.39 bits per heavy atom. The molecule has 3 heterocycles. The fourth-order valence-corrected chi connectivity index (χ4v) is 5.97. The van der Waals surface area contributed by atoms with Crippen molar-refractivity contribution < 1.29 is 29.0 Å². The molecule has 0 unspecified atom stereocenters. The van der Waals surface area contributed by atoms with Crippen LogP contribution in [0.15, 0.2) is 53.0 Å². The van der Waals surface area contributed by atoms with E-state index in [-0.39, 0.29) is 18.9 Å². The number of hydrogen-bond acceptors (Lipinski definition) is 7. The molecular weight excluding hydrogens is 590 g/mol. The van der Waals surface area contributed by atoms with E-state index in [0.717, 1.165) is 5.39 Å². The molecule has 1 atom stereocenters. The summed E-state index contributed by atoms with van der Waals surface area (Å²) in [6, 6.07) is 13.7. The fourth-order valence-electron chi connectivity index (χ4n) is 5.33. The van der Waals surface area contributed by atoms with Crippen molar-refractivity contribution in [3.05, 3.63) is 70.0 Å². The van der Waals surface area contributed by atoms with Gasteiger partial charge in [-0.05, 0) is 69.6 Å². The molecule has 0 spiro atoms. The fraction of sp³-hybridized carbons (Fsp3) is 0.387. The van der Waals surface area contributed by atoms with Gasteiger partial charge in [0.25, 0.3) is 0 Å². The molecule has 0 bridgehead atoms. The SMILES string of the molecule is CC(C)(C)OC(=O)n1c(CN2Cc3c(c4ccccc4n3C(=O)OC(C)(C)C)C(=O)[C@@H]2CO)c(Br)c2ccccc21. The first-order valence-corrected chi connectivity index (χ1v) is 14.3. The van der Waals surface area contributed by atoms with Gasteiger partial charge in [0, 0.05) is 28.3 Å². The van der Waals surface area contributed by atoms with Gasteiger partial charge in [-0.25, -0.2) is 18.7 Å². The number of fused-ring (bicyclic) bond motifs is 4. The number of nitrogens with zero attached hydrogens (tertiary/aromatic N) is 3. The second-order valence-corrected chi connectivity index (χ2v) is 13.0. The quantitative estimate of drug-likeness (QED) is 0.278. The van der Waals surface area contributed by atoms with Gasteiger partial charge >= 0.3 is 12.2 Å². The lowest BCUT2D eigenvalue weighted by atomic mass is 9.95. The van der Waals surface area contributed by atoms with Crippen LogP contribution in [-0.2, 0) is 22.6 Å². The Bertz CT molecular complexity index is 1690. The summed E-state index contributed by atoms with van der Waals surface area (Å²) in [4.78, 5) is 42.7. The Hall–Kier alpha value is -3.47. The summed E-state index contributed by atoms with van der Waals surface area (Å²) >= 11 is 3.68. The first kappa shape index (κ1) is 29.0. The third kappa shape index (κ3) is 5.31. The minimum atomic E-state index is -0.891. The van der Waals surface area contributed by atoms with Crippen molar-refractivity contribution in [1.82, 2.24) is 14.0 Å². The molecule has 5 rings (SSSR count). The van der Waals surface area contributed by atoms with E-state index in [1.165, 1.54) is 9.13 Å². The van der Waals surface area contributed by atoms with Crippen molar-refractivity contribution in [2.75, 3.05) is 6.61 Å². The molecule has 216 valence electrons. The van der Waals surface area contributed by atoms with Gasteiger partial charge in [-0.3, -0.25) is 9.69 Å². The summed E-state index contributed by atoms with van der Waals surface area (Å²) in [6.45, 7) is 10.6. The van der Waals surface area contributed by atoms with Crippen LogP contribution in [0.3, 0.4) is 0 Å². The predicted molar refractivity (Wildman–Crippen MR) is 159 cm³/mol. The normalized spacial score (nSPS) is 16.3. The molecule has 0 fully saturated rings. The number of aromatic nitrogens is 2. The maximum absolute atomic E-state index is 14.0. The average Bonchev–Trinajstić information content (AvgIpc) is 3.34. The lowest BCUT2D eigenvalue weighted by molar-refractivity contribution is 0.0502. The van der Waals surface area contributed by atoms with Gasteiger partial charge < -0.3 is 14.6 Å². The Kier molecular flexibility index (Phi) is 7.38. The van der Waals surface area contributed by atoms with Gasteiger partial charge in [0.15, 0.2) is 5.78 Å². The van der Waals surface area contributed by atoms with Crippen LogP contribution in [0.1, 0.15) is 63.3 Å². The Morgan fingerprint density at radius 3 is 1.95 bits per heavy atom. The summed E-state index contributed by atoms with van der Waals surface area (Å²) in [5, 5.41) is 11.9. The highest BCUT2D eigenvalue weighted by Gasteiger charge is 2.40. The topological polar surface area (TPSA) is 103 Å². The zero-order valence-corrected chi connectivity index (χ0v) is 25.6. The first-order valence-electron chi connectivity index (χ1n) is 13.5. The van der Waals surface area contributed by atoms with Crippen molar-refractivity contribution in [3.63, 3.8) is 0 Å². The number of benzene rings is 2. The monoisotopic (exact) mass is 623 g/mol. The number of ether oxygens (including phenoxy) is 2. The molecule has 4 aromatic rings. The van der Waals surface area contributed by atoms with E-state index in [9.17, 15) is 19.5 Å². The third-order valence-electron chi connectivity index (χ3n) is 6.90. The minimum Gasteiger partial charge on any atom is -0.443 e. The van der Waals surface area contributed by atoms with E-state index in [1.807, 2.05) is 30.3 Å². The maximum atomic E-state index is 14.0. The second-order valence-electron chi connectivity index (χ2n) is 12.2. The maximum Gasteiger partial charge on any atom is 0.419 e. The second kappa shape index (κ2) is 10.4. The van der Waals surface area contributed by atoms with Gasteiger partial charge in [-0.2, -0.15) is 0 Å². The predicted octanol–water partition coefficient (Wildman–Crippen LogP) is 6.48. The summed E-state index contributed by atoms with van der Waals surface area (Å²) in [6.07, 6.45) is -1.14. The number of rotatable bonds is 3. The summed E-state index contributed by atoms with van der Waals surface area (Å²) in [5.41, 5.74) is 1.17. The van der Waals surface area contributed by atoms with E-state index in [1.54, 1.807) is 64.6 Å². The number of aliphatic hydroxyl groups is 1. The number of para-hydroxylation sites is 2.